The van der Waals surface area contributed by atoms with Crippen molar-refractivity contribution in [3.05, 3.63) is 0 Å². The number of rotatable bonds is 8. The van der Waals surface area contributed by atoms with Crippen LogP contribution in [-0.2, 0) is 4.79 Å². The Kier molecular flexibility index (Phi) is 11.6. The minimum absolute atomic E-state index is 0.292. The number of aliphatic carboxylic acids is 1. The van der Waals surface area contributed by atoms with Gasteiger partial charge in [-0.3, -0.25) is 4.79 Å². The number of aliphatic hydroxyl groups is 1. The fourth-order valence-electron chi connectivity index (χ4n) is 2.54. The SMILES string of the molecule is CCCC(=O)O.CCCCN1CCC(O)(CCCC)CC1. The molecule has 1 aliphatic rings. The first-order valence-corrected chi connectivity index (χ1v) is 8.64. The highest BCUT2D eigenvalue weighted by atomic mass is 16.4. The van der Waals surface area contributed by atoms with Crippen molar-refractivity contribution in [2.45, 2.75) is 84.2 Å². The van der Waals surface area contributed by atoms with Crippen molar-refractivity contribution in [2.24, 2.45) is 0 Å². The second kappa shape index (κ2) is 12.0. The van der Waals surface area contributed by atoms with E-state index < -0.39 is 5.97 Å². The molecular weight excluding hydrogens is 266 g/mol. The highest BCUT2D eigenvalue weighted by molar-refractivity contribution is 5.66. The molecule has 1 rings (SSSR count). The Balaban J connectivity index is 0.000000567. The molecule has 0 atom stereocenters. The highest BCUT2D eigenvalue weighted by Gasteiger charge is 2.30. The third kappa shape index (κ3) is 10.7. The lowest BCUT2D eigenvalue weighted by Crippen LogP contribution is -2.44. The topological polar surface area (TPSA) is 60.8 Å². The van der Waals surface area contributed by atoms with E-state index in [1.54, 1.807) is 0 Å². The molecule has 1 aliphatic heterocycles. The van der Waals surface area contributed by atoms with Crippen molar-refractivity contribution in [1.29, 1.82) is 0 Å². The van der Waals surface area contributed by atoms with E-state index in [9.17, 15) is 9.90 Å². The van der Waals surface area contributed by atoms with Crippen molar-refractivity contribution in [2.75, 3.05) is 19.6 Å². The summed E-state index contributed by atoms with van der Waals surface area (Å²) in [6.45, 7) is 9.69. The fraction of sp³-hybridized carbons (Fsp3) is 0.941. The summed E-state index contributed by atoms with van der Waals surface area (Å²) in [6.07, 6.45) is 8.94. The normalized spacial score (nSPS) is 17.9. The molecule has 0 aliphatic carbocycles. The predicted molar refractivity (Wildman–Crippen MR) is 87.6 cm³/mol. The van der Waals surface area contributed by atoms with E-state index in [0.29, 0.717) is 6.42 Å². The van der Waals surface area contributed by atoms with E-state index in [2.05, 4.69) is 18.7 Å². The molecule has 0 unspecified atom stereocenters. The number of likely N-dealkylation sites (tertiary alicyclic amines) is 1. The van der Waals surface area contributed by atoms with Crippen molar-refractivity contribution in [1.82, 2.24) is 4.90 Å². The molecular formula is C17H35NO3. The maximum absolute atomic E-state index is 10.3. The lowest BCUT2D eigenvalue weighted by Gasteiger charge is -2.38. The molecule has 0 aromatic rings. The van der Waals surface area contributed by atoms with Gasteiger partial charge in [0.15, 0.2) is 0 Å². The Morgan fingerprint density at radius 3 is 2.00 bits per heavy atom. The third-order valence-corrected chi connectivity index (χ3v) is 4.07. The summed E-state index contributed by atoms with van der Waals surface area (Å²) in [5, 5.41) is 18.2. The number of carbonyl (C=O) groups is 1. The van der Waals surface area contributed by atoms with Crippen molar-refractivity contribution in [3.8, 4) is 0 Å². The highest BCUT2D eigenvalue weighted by Crippen LogP contribution is 2.27. The van der Waals surface area contributed by atoms with Gasteiger partial charge in [0.1, 0.15) is 0 Å². The standard InChI is InChI=1S/C13H27NO.C4H8O2/c1-3-5-7-13(15)8-11-14(12-9-13)10-6-4-2;1-2-3-4(5)6/h15H,3-12H2,1-2H3;2-3H2,1H3,(H,5,6). The Hall–Kier alpha value is -0.610. The molecule has 0 spiro atoms. The van der Waals surface area contributed by atoms with Crippen LogP contribution in [0.4, 0.5) is 0 Å². The number of hydrogen-bond donors (Lipinski definition) is 2. The number of hydrogen-bond acceptors (Lipinski definition) is 3. The van der Waals surface area contributed by atoms with Crippen LogP contribution in [0.2, 0.25) is 0 Å². The monoisotopic (exact) mass is 301 g/mol. The summed E-state index contributed by atoms with van der Waals surface area (Å²) in [7, 11) is 0. The van der Waals surface area contributed by atoms with Gasteiger partial charge in [-0.2, -0.15) is 0 Å². The average Bonchev–Trinajstić information content (AvgIpc) is 2.45. The molecule has 4 nitrogen and oxygen atoms in total. The minimum Gasteiger partial charge on any atom is -0.481 e. The first kappa shape index (κ1) is 20.4. The Labute approximate surface area is 130 Å². The van der Waals surface area contributed by atoms with E-state index in [0.717, 1.165) is 38.8 Å². The van der Waals surface area contributed by atoms with Gasteiger partial charge in [0, 0.05) is 19.5 Å². The molecule has 4 heteroatoms. The summed E-state index contributed by atoms with van der Waals surface area (Å²) >= 11 is 0. The number of unbranched alkanes of at least 4 members (excludes halogenated alkanes) is 2. The second-order valence-electron chi connectivity index (χ2n) is 6.17. The summed E-state index contributed by atoms with van der Waals surface area (Å²) in [4.78, 5) is 12.1. The minimum atomic E-state index is -0.711. The summed E-state index contributed by atoms with van der Waals surface area (Å²) < 4.78 is 0. The Morgan fingerprint density at radius 1 is 1.05 bits per heavy atom. The molecule has 0 aromatic carbocycles. The Morgan fingerprint density at radius 2 is 1.62 bits per heavy atom. The van der Waals surface area contributed by atoms with E-state index in [-0.39, 0.29) is 5.60 Å². The van der Waals surface area contributed by atoms with Crippen LogP contribution in [0.1, 0.15) is 78.6 Å². The molecule has 2 N–H and O–H groups in total. The van der Waals surface area contributed by atoms with Gasteiger partial charge in [0.25, 0.3) is 0 Å². The van der Waals surface area contributed by atoms with Crippen LogP contribution in [0.5, 0.6) is 0 Å². The zero-order valence-electron chi connectivity index (χ0n) is 14.2. The van der Waals surface area contributed by atoms with Gasteiger partial charge in [-0.25, -0.2) is 0 Å². The van der Waals surface area contributed by atoms with Crippen LogP contribution in [0.3, 0.4) is 0 Å². The Bertz CT molecular complexity index is 261. The van der Waals surface area contributed by atoms with Crippen LogP contribution in [0, 0.1) is 0 Å². The lowest BCUT2D eigenvalue weighted by atomic mass is 9.86. The molecule has 0 saturated carbocycles. The molecule has 1 heterocycles. The smallest absolute Gasteiger partial charge is 0.303 e. The van der Waals surface area contributed by atoms with Crippen LogP contribution in [0.15, 0.2) is 0 Å². The molecule has 0 aromatic heterocycles. The van der Waals surface area contributed by atoms with Gasteiger partial charge >= 0.3 is 5.97 Å². The number of carboxylic acids is 1. The van der Waals surface area contributed by atoms with Crippen molar-refractivity contribution < 1.29 is 15.0 Å². The summed E-state index contributed by atoms with van der Waals surface area (Å²) in [6, 6.07) is 0. The second-order valence-corrected chi connectivity index (χ2v) is 6.17. The van der Waals surface area contributed by atoms with E-state index in [1.807, 2.05) is 6.92 Å². The largest absolute Gasteiger partial charge is 0.481 e. The maximum Gasteiger partial charge on any atom is 0.303 e. The average molecular weight is 301 g/mol. The molecule has 0 bridgehead atoms. The van der Waals surface area contributed by atoms with Gasteiger partial charge in [-0.15, -0.1) is 0 Å². The fourth-order valence-corrected chi connectivity index (χ4v) is 2.54. The van der Waals surface area contributed by atoms with Gasteiger partial charge in [-0.05, 0) is 38.6 Å². The van der Waals surface area contributed by atoms with Crippen LogP contribution < -0.4 is 0 Å². The number of piperidine rings is 1. The van der Waals surface area contributed by atoms with Gasteiger partial charge < -0.3 is 15.1 Å². The maximum atomic E-state index is 10.3. The van der Waals surface area contributed by atoms with Crippen LogP contribution >= 0.6 is 0 Å². The zero-order valence-corrected chi connectivity index (χ0v) is 14.2. The quantitative estimate of drug-likeness (QED) is 0.718. The van der Waals surface area contributed by atoms with Crippen molar-refractivity contribution >= 4 is 5.97 Å². The summed E-state index contributed by atoms with van der Waals surface area (Å²) in [5.41, 5.74) is -0.335. The van der Waals surface area contributed by atoms with Crippen LogP contribution in [0.25, 0.3) is 0 Å². The third-order valence-electron chi connectivity index (χ3n) is 4.07. The van der Waals surface area contributed by atoms with Crippen molar-refractivity contribution in [3.63, 3.8) is 0 Å². The molecule has 21 heavy (non-hydrogen) atoms. The predicted octanol–water partition coefficient (Wildman–Crippen LogP) is 3.67. The first-order chi connectivity index (χ1) is 9.97. The van der Waals surface area contributed by atoms with E-state index >= 15 is 0 Å². The van der Waals surface area contributed by atoms with E-state index in [1.165, 1.54) is 32.2 Å². The van der Waals surface area contributed by atoms with Gasteiger partial charge in [0.2, 0.25) is 0 Å². The molecule has 0 amide bonds. The van der Waals surface area contributed by atoms with Gasteiger partial charge in [-0.1, -0.05) is 40.0 Å². The first-order valence-electron chi connectivity index (χ1n) is 8.64. The summed E-state index contributed by atoms with van der Waals surface area (Å²) in [5.74, 6) is -0.711. The zero-order chi connectivity index (χ0) is 16.1. The molecule has 1 saturated heterocycles. The van der Waals surface area contributed by atoms with Crippen LogP contribution in [-0.4, -0.2) is 46.3 Å². The molecule has 126 valence electrons. The van der Waals surface area contributed by atoms with Gasteiger partial charge in [0.05, 0.1) is 5.60 Å². The lowest BCUT2D eigenvalue weighted by molar-refractivity contribution is -0.137. The molecule has 0 radical (unpaired) electrons. The number of nitrogens with zero attached hydrogens (tertiary/aromatic N) is 1. The molecule has 1 fully saturated rings. The van der Waals surface area contributed by atoms with E-state index in [4.69, 9.17) is 5.11 Å². The number of carboxylic acid groups (broad SMARTS) is 1.